The van der Waals surface area contributed by atoms with Crippen LogP contribution < -0.4 is 10.1 Å². The average molecular weight is 288 g/mol. The first kappa shape index (κ1) is 13.2. The molecule has 1 rings (SSSR count). The predicted molar refractivity (Wildman–Crippen MR) is 65.0 cm³/mol. The van der Waals surface area contributed by atoms with Gasteiger partial charge in [-0.1, -0.05) is 15.9 Å². The molecule has 16 heavy (non-hydrogen) atoms. The molecule has 0 amide bonds. The van der Waals surface area contributed by atoms with E-state index in [4.69, 9.17) is 4.74 Å². The summed E-state index contributed by atoms with van der Waals surface area (Å²) in [6, 6.07) is 5.10. The molecule has 0 bridgehead atoms. The zero-order chi connectivity index (χ0) is 12.1. The molecule has 4 nitrogen and oxygen atoms in total. The molecule has 0 aromatic heterocycles. The highest BCUT2D eigenvalue weighted by molar-refractivity contribution is 9.10. The summed E-state index contributed by atoms with van der Waals surface area (Å²) in [7, 11) is 3.17. The Balaban J connectivity index is 3.01. The lowest BCUT2D eigenvalue weighted by molar-refractivity contribution is 0.0747. The van der Waals surface area contributed by atoms with Crippen molar-refractivity contribution >= 4 is 21.7 Å². The zero-order valence-electron chi connectivity index (χ0n) is 9.16. The molecule has 0 aliphatic rings. The second kappa shape index (κ2) is 5.98. The van der Waals surface area contributed by atoms with Crippen molar-refractivity contribution in [3.8, 4) is 5.75 Å². The minimum absolute atomic E-state index is 0.217. The van der Waals surface area contributed by atoms with Gasteiger partial charge in [0.25, 0.3) is 0 Å². The van der Waals surface area contributed by atoms with Gasteiger partial charge >= 0.3 is 0 Å². The Hall–Kier alpha value is -0.910. The van der Waals surface area contributed by atoms with Crippen molar-refractivity contribution in [2.24, 2.45) is 0 Å². The highest BCUT2D eigenvalue weighted by atomic mass is 79.9. The van der Waals surface area contributed by atoms with E-state index < -0.39 is 6.10 Å². The Morgan fingerprint density at radius 3 is 2.88 bits per heavy atom. The molecule has 0 aliphatic heterocycles. The summed E-state index contributed by atoms with van der Waals surface area (Å²) >= 11 is 3.28. The molecule has 0 spiro atoms. The predicted octanol–water partition coefficient (Wildman–Crippen LogP) is 1.22. The number of rotatable bonds is 5. The average Bonchev–Trinajstić information content (AvgIpc) is 2.28. The molecular weight excluding hydrogens is 274 g/mol. The maximum Gasteiger partial charge on any atom is 0.196 e. The van der Waals surface area contributed by atoms with E-state index in [9.17, 15) is 9.90 Å². The number of carbonyl (C=O) groups excluding carboxylic acids is 1. The van der Waals surface area contributed by atoms with Crippen molar-refractivity contribution < 1.29 is 14.6 Å². The standard InChI is InChI=1S/C11H14BrNO3/c1-13-6-9(14)11(15)8-5-7(12)3-4-10(8)16-2/h3-5,9,13-14H,6H2,1-2H3. The maximum atomic E-state index is 11.9. The molecule has 0 heterocycles. The van der Waals surface area contributed by atoms with Gasteiger partial charge in [-0.05, 0) is 25.2 Å². The van der Waals surface area contributed by atoms with E-state index in [1.807, 2.05) is 0 Å². The van der Waals surface area contributed by atoms with Crippen LogP contribution in [0.25, 0.3) is 0 Å². The number of ether oxygens (including phenoxy) is 1. The summed E-state index contributed by atoms with van der Waals surface area (Å²) in [4.78, 5) is 11.9. The van der Waals surface area contributed by atoms with Gasteiger partial charge in [-0.15, -0.1) is 0 Å². The third kappa shape index (κ3) is 3.04. The second-order valence-corrected chi connectivity index (χ2v) is 4.20. The third-order valence-corrected chi connectivity index (χ3v) is 2.62. The van der Waals surface area contributed by atoms with Gasteiger partial charge in [0, 0.05) is 11.0 Å². The van der Waals surface area contributed by atoms with Gasteiger partial charge in [0.05, 0.1) is 12.7 Å². The molecule has 88 valence electrons. The number of aliphatic hydroxyl groups excluding tert-OH is 1. The topological polar surface area (TPSA) is 58.6 Å². The number of methoxy groups -OCH3 is 1. The first-order valence-electron chi connectivity index (χ1n) is 4.80. The molecule has 5 heteroatoms. The van der Waals surface area contributed by atoms with Gasteiger partial charge in [-0.25, -0.2) is 0 Å². The monoisotopic (exact) mass is 287 g/mol. The van der Waals surface area contributed by atoms with Crippen LogP contribution in [0.1, 0.15) is 10.4 Å². The van der Waals surface area contributed by atoms with E-state index in [-0.39, 0.29) is 12.3 Å². The molecule has 1 unspecified atom stereocenters. The Morgan fingerprint density at radius 1 is 1.62 bits per heavy atom. The SMILES string of the molecule is CNCC(O)C(=O)c1cc(Br)ccc1OC. The number of hydrogen-bond acceptors (Lipinski definition) is 4. The maximum absolute atomic E-state index is 11.9. The largest absolute Gasteiger partial charge is 0.496 e. The molecule has 1 aromatic carbocycles. The van der Waals surface area contributed by atoms with Crippen molar-refractivity contribution in [3.63, 3.8) is 0 Å². The summed E-state index contributed by atoms with van der Waals surface area (Å²) < 4.78 is 5.85. The van der Waals surface area contributed by atoms with Crippen molar-refractivity contribution in [2.45, 2.75) is 6.10 Å². The van der Waals surface area contributed by atoms with Gasteiger partial charge in [0.2, 0.25) is 0 Å². The number of benzene rings is 1. The lowest BCUT2D eigenvalue weighted by atomic mass is 10.1. The molecule has 0 saturated heterocycles. The number of ketones is 1. The Bertz CT molecular complexity index is 381. The minimum atomic E-state index is -1.06. The van der Waals surface area contributed by atoms with Gasteiger partial charge in [-0.2, -0.15) is 0 Å². The number of Topliss-reactive ketones (excluding diaryl/α,β-unsaturated/α-hetero) is 1. The number of hydrogen-bond donors (Lipinski definition) is 2. The van der Waals surface area contributed by atoms with Crippen LogP contribution in [-0.4, -0.2) is 37.7 Å². The summed E-state index contributed by atoms with van der Waals surface area (Å²) in [5, 5.41) is 12.3. The van der Waals surface area contributed by atoms with Gasteiger partial charge < -0.3 is 15.2 Å². The van der Waals surface area contributed by atoms with Crippen LogP contribution >= 0.6 is 15.9 Å². The van der Waals surface area contributed by atoms with Crippen LogP contribution in [0.5, 0.6) is 5.75 Å². The van der Waals surface area contributed by atoms with Crippen LogP contribution in [0, 0.1) is 0 Å². The fourth-order valence-electron chi connectivity index (χ4n) is 1.34. The first-order valence-corrected chi connectivity index (χ1v) is 5.60. The zero-order valence-corrected chi connectivity index (χ0v) is 10.7. The van der Waals surface area contributed by atoms with Crippen molar-refractivity contribution in [3.05, 3.63) is 28.2 Å². The highest BCUT2D eigenvalue weighted by Crippen LogP contribution is 2.24. The van der Waals surface area contributed by atoms with Crippen LogP contribution in [0.4, 0.5) is 0 Å². The van der Waals surface area contributed by atoms with E-state index in [2.05, 4.69) is 21.2 Å². The van der Waals surface area contributed by atoms with Gasteiger partial charge in [0.1, 0.15) is 11.9 Å². The van der Waals surface area contributed by atoms with Crippen LogP contribution in [-0.2, 0) is 0 Å². The van der Waals surface area contributed by atoms with Crippen LogP contribution in [0.15, 0.2) is 22.7 Å². The van der Waals surface area contributed by atoms with E-state index in [0.29, 0.717) is 11.3 Å². The molecule has 0 radical (unpaired) electrons. The van der Waals surface area contributed by atoms with Gasteiger partial charge in [0.15, 0.2) is 5.78 Å². The van der Waals surface area contributed by atoms with Crippen LogP contribution in [0.3, 0.4) is 0 Å². The molecule has 2 N–H and O–H groups in total. The number of carbonyl (C=O) groups is 1. The summed E-state index contributed by atoms with van der Waals surface area (Å²) in [5.74, 6) is 0.107. The number of nitrogens with one attached hydrogen (secondary N) is 1. The van der Waals surface area contributed by atoms with Crippen LogP contribution in [0.2, 0.25) is 0 Å². The van der Waals surface area contributed by atoms with Crippen molar-refractivity contribution in [2.75, 3.05) is 20.7 Å². The lowest BCUT2D eigenvalue weighted by Crippen LogP contribution is -2.31. The summed E-state index contributed by atoms with van der Waals surface area (Å²) in [6.45, 7) is 0.217. The highest BCUT2D eigenvalue weighted by Gasteiger charge is 2.20. The summed E-state index contributed by atoms with van der Waals surface area (Å²) in [5.41, 5.74) is 0.375. The number of aliphatic hydroxyl groups is 1. The molecule has 0 fully saturated rings. The minimum Gasteiger partial charge on any atom is -0.496 e. The molecule has 1 atom stereocenters. The van der Waals surface area contributed by atoms with Crippen molar-refractivity contribution in [1.29, 1.82) is 0 Å². The Morgan fingerprint density at radius 2 is 2.31 bits per heavy atom. The van der Waals surface area contributed by atoms with E-state index in [0.717, 1.165) is 4.47 Å². The fourth-order valence-corrected chi connectivity index (χ4v) is 1.70. The molecule has 0 aliphatic carbocycles. The molecule has 0 saturated carbocycles. The van der Waals surface area contributed by atoms with Gasteiger partial charge in [-0.3, -0.25) is 4.79 Å². The van der Waals surface area contributed by atoms with E-state index in [1.54, 1.807) is 25.2 Å². The van der Waals surface area contributed by atoms with E-state index in [1.165, 1.54) is 7.11 Å². The third-order valence-electron chi connectivity index (χ3n) is 2.13. The van der Waals surface area contributed by atoms with E-state index >= 15 is 0 Å². The number of halogens is 1. The quantitative estimate of drug-likeness (QED) is 0.800. The number of likely N-dealkylation sites (N-methyl/N-ethyl adjacent to an activating group) is 1. The fraction of sp³-hybridized carbons (Fsp3) is 0.364. The first-order chi connectivity index (χ1) is 7.60. The summed E-state index contributed by atoms with van der Waals surface area (Å²) in [6.07, 6.45) is -1.06. The lowest BCUT2D eigenvalue weighted by Gasteiger charge is -2.12. The second-order valence-electron chi connectivity index (χ2n) is 3.28. The normalized spacial score (nSPS) is 12.2. The van der Waals surface area contributed by atoms with Crippen molar-refractivity contribution in [1.82, 2.24) is 5.32 Å². The smallest absolute Gasteiger partial charge is 0.196 e. The molecule has 1 aromatic rings. The Labute approximate surface area is 103 Å². The molecular formula is C11H14BrNO3. The Kier molecular flexibility index (Phi) is 4.92.